The minimum atomic E-state index is -0.125. The number of halogens is 2. The van der Waals surface area contributed by atoms with Crippen LogP contribution in [0.25, 0.3) is 0 Å². The first-order valence-corrected chi connectivity index (χ1v) is 4.46. The molecule has 0 heterocycles. The van der Waals surface area contributed by atoms with E-state index in [0.29, 0.717) is 5.02 Å². The molecule has 1 N–H and O–H groups in total. The topological polar surface area (TPSA) is 20.2 Å². The van der Waals surface area contributed by atoms with Crippen molar-refractivity contribution >= 4 is 27.5 Å². The zero-order valence-corrected chi connectivity index (χ0v) is 8.48. The maximum atomic E-state index is 8.44. The molecule has 0 aliphatic heterocycles. The van der Waals surface area contributed by atoms with Gasteiger partial charge in [-0.25, -0.2) is 0 Å². The Labute approximate surface area is 84.5 Å². The zero-order chi connectivity index (χ0) is 8.97. The van der Waals surface area contributed by atoms with E-state index in [4.69, 9.17) is 16.7 Å². The minimum absolute atomic E-state index is 0.125. The average Bonchev–Trinajstić information content (AvgIpc) is 2.07. The van der Waals surface area contributed by atoms with Gasteiger partial charge in [-0.1, -0.05) is 23.4 Å². The predicted octanol–water partition coefficient (Wildman–Crippen LogP) is 2.45. The van der Waals surface area contributed by atoms with Crippen LogP contribution < -0.4 is 0 Å². The van der Waals surface area contributed by atoms with Gasteiger partial charge < -0.3 is 5.11 Å². The molecule has 3 heteroatoms. The van der Waals surface area contributed by atoms with E-state index in [1.165, 1.54) is 0 Å². The predicted molar refractivity (Wildman–Crippen MR) is 53.1 cm³/mol. The van der Waals surface area contributed by atoms with Crippen molar-refractivity contribution in [2.75, 3.05) is 6.61 Å². The van der Waals surface area contributed by atoms with E-state index < -0.39 is 0 Å². The summed E-state index contributed by atoms with van der Waals surface area (Å²) in [4.78, 5) is 0. The average molecular weight is 246 g/mol. The van der Waals surface area contributed by atoms with Gasteiger partial charge in [0.1, 0.15) is 6.61 Å². The van der Waals surface area contributed by atoms with Gasteiger partial charge >= 0.3 is 0 Å². The Balaban J connectivity index is 2.97. The first kappa shape index (κ1) is 9.60. The summed E-state index contributed by atoms with van der Waals surface area (Å²) in [5.74, 6) is 5.33. The summed E-state index contributed by atoms with van der Waals surface area (Å²) >= 11 is 9.05. The zero-order valence-electron chi connectivity index (χ0n) is 6.14. The van der Waals surface area contributed by atoms with E-state index in [1.54, 1.807) is 12.1 Å². The Bertz CT molecular complexity index is 338. The third-order valence-corrected chi connectivity index (χ3v) is 2.45. The van der Waals surface area contributed by atoms with E-state index in [2.05, 4.69) is 27.8 Å². The molecule has 1 aromatic rings. The van der Waals surface area contributed by atoms with Crippen molar-refractivity contribution in [2.45, 2.75) is 0 Å². The van der Waals surface area contributed by atoms with Crippen LogP contribution in [-0.2, 0) is 0 Å². The number of benzene rings is 1. The molecule has 12 heavy (non-hydrogen) atoms. The van der Waals surface area contributed by atoms with Gasteiger partial charge in [-0.2, -0.15) is 0 Å². The lowest BCUT2D eigenvalue weighted by Gasteiger charge is -1.94. The molecular formula is C9H6BrClO. The van der Waals surface area contributed by atoms with E-state index in [9.17, 15) is 0 Å². The molecule has 0 spiro atoms. The maximum absolute atomic E-state index is 8.44. The maximum Gasteiger partial charge on any atom is 0.104 e. The lowest BCUT2D eigenvalue weighted by atomic mass is 10.2. The van der Waals surface area contributed by atoms with Crippen LogP contribution >= 0.6 is 27.5 Å². The number of aliphatic hydroxyl groups excluding tert-OH is 1. The van der Waals surface area contributed by atoms with Crippen molar-refractivity contribution in [3.8, 4) is 11.8 Å². The minimum Gasteiger partial charge on any atom is -0.384 e. The molecule has 0 unspecified atom stereocenters. The molecule has 0 aliphatic carbocycles. The van der Waals surface area contributed by atoms with Crippen LogP contribution in [0.1, 0.15) is 5.56 Å². The first-order valence-electron chi connectivity index (χ1n) is 3.29. The summed E-state index contributed by atoms with van der Waals surface area (Å²) in [6, 6.07) is 5.37. The van der Waals surface area contributed by atoms with Crippen LogP contribution in [0.15, 0.2) is 22.7 Å². The molecule has 0 saturated carbocycles. The Hall–Kier alpha value is -0.490. The lowest BCUT2D eigenvalue weighted by Crippen LogP contribution is -1.77. The van der Waals surface area contributed by atoms with Gasteiger partial charge in [0.15, 0.2) is 0 Å². The third-order valence-electron chi connectivity index (χ3n) is 1.23. The molecule has 0 radical (unpaired) electrons. The molecule has 0 fully saturated rings. The molecule has 0 aliphatic rings. The van der Waals surface area contributed by atoms with E-state index in [1.807, 2.05) is 6.07 Å². The van der Waals surface area contributed by atoms with Crippen molar-refractivity contribution in [3.05, 3.63) is 33.3 Å². The Morgan fingerprint density at radius 1 is 1.50 bits per heavy atom. The summed E-state index contributed by atoms with van der Waals surface area (Å²) in [5, 5.41) is 9.10. The molecule has 0 aromatic heterocycles. The highest BCUT2D eigenvalue weighted by Crippen LogP contribution is 2.22. The van der Waals surface area contributed by atoms with Gasteiger partial charge in [0.2, 0.25) is 0 Å². The molecule has 0 saturated heterocycles. The highest BCUT2D eigenvalue weighted by atomic mass is 79.9. The van der Waals surface area contributed by atoms with Gasteiger partial charge in [-0.05, 0) is 34.1 Å². The number of rotatable bonds is 0. The van der Waals surface area contributed by atoms with Crippen molar-refractivity contribution in [2.24, 2.45) is 0 Å². The van der Waals surface area contributed by atoms with E-state index in [0.717, 1.165) is 10.0 Å². The summed E-state index contributed by atoms with van der Waals surface area (Å²) in [5.41, 5.74) is 0.834. The van der Waals surface area contributed by atoms with Crippen molar-refractivity contribution in [1.82, 2.24) is 0 Å². The highest BCUT2D eigenvalue weighted by molar-refractivity contribution is 9.10. The Morgan fingerprint density at radius 2 is 2.25 bits per heavy atom. The Kier molecular flexibility index (Phi) is 3.61. The molecule has 1 nitrogen and oxygen atoms in total. The largest absolute Gasteiger partial charge is 0.384 e. The summed E-state index contributed by atoms with van der Waals surface area (Å²) in [7, 11) is 0. The molecule has 0 bridgehead atoms. The molecule has 1 rings (SSSR count). The smallest absolute Gasteiger partial charge is 0.104 e. The van der Waals surface area contributed by atoms with Crippen LogP contribution in [0.3, 0.4) is 0 Å². The molecule has 1 aromatic carbocycles. The standard InChI is InChI=1S/C9H6BrClO/c10-8-6-7(2-1-5-12)3-4-9(8)11/h3-4,6,12H,5H2. The number of hydrogen-bond donors (Lipinski definition) is 1. The number of hydrogen-bond acceptors (Lipinski definition) is 1. The fourth-order valence-electron chi connectivity index (χ4n) is 0.715. The van der Waals surface area contributed by atoms with E-state index >= 15 is 0 Å². The van der Waals surface area contributed by atoms with Crippen molar-refractivity contribution < 1.29 is 5.11 Å². The van der Waals surface area contributed by atoms with Gasteiger partial charge in [0, 0.05) is 10.0 Å². The van der Waals surface area contributed by atoms with Gasteiger partial charge in [-0.15, -0.1) is 0 Å². The fourth-order valence-corrected chi connectivity index (χ4v) is 1.21. The second-order valence-electron chi connectivity index (χ2n) is 2.09. The van der Waals surface area contributed by atoms with Crippen LogP contribution in [0, 0.1) is 11.8 Å². The summed E-state index contributed by atoms with van der Waals surface area (Å²) < 4.78 is 0.814. The van der Waals surface area contributed by atoms with Crippen LogP contribution in [0.4, 0.5) is 0 Å². The molecule has 0 atom stereocenters. The summed E-state index contributed by atoms with van der Waals surface area (Å²) in [6.07, 6.45) is 0. The normalized spacial score (nSPS) is 8.92. The van der Waals surface area contributed by atoms with E-state index in [-0.39, 0.29) is 6.61 Å². The lowest BCUT2D eigenvalue weighted by molar-refractivity contribution is 0.350. The summed E-state index contributed by atoms with van der Waals surface area (Å²) in [6.45, 7) is -0.125. The molecule has 62 valence electrons. The highest BCUT2D eigenvalue weighted by Gasteiger charge is 1.95. The number of aliphatic hydroxyl groups is 1. The monoisotopic (exact) mass is 244 g/mol. The fraction of sp³-hybridized carbons (Fsp3) is 0.111. The van der Waals surface area contributed by atoms with Crippen molar-refractivity contribution in [1.29, 1.82) is 0 Å². The quantitative estimate of drug-likeness (QED) is 0.696. The van der Waals surface area contributed by atoms with Gasteiger partial charge in [-0.3, -0.25) is 0 Å². The molecular weight excluding hydrogens is 239 g/mol. The third kappa shape index (κ3) is 2.53. The van der Waals surface area contributed by atoms with Crippen LogP contribution in [-0.4, -0.2) is 11.7 Å². The second kappa shape index (κ2) is 4.51. The van der Waals surface area contributed by atoms with Gasteiger partial charge in [0.05, 0.1) is 5.02 Å². The Morgan fingerprint density at radius 3 is 2.83 bits per heavy atom. The first-order chi connectivity index (χ1) is 5.74. The van der Waals surface area contributed by atoms with Gasteiger partial charge in [0.25, 0.3) is 0 Å². The van der Waals surface area contributed by atoms with Crippen LogP contribution in [0.5, 0.6) is 0 Å². The SMILES string of the molecule is OCC#Cc1ccc(Cl)c(Br)c1. The molecule has 0 amide bonds. The van der Waals surface area contributed by atoms with Crippen molar-refractivity contribution in [3.63, 3.8) is 0 Å². The van der Waals surface area contributed by atoms with Crippen LogP contribution in [0.2, 0.25) is 5.02 Å². The second-order valence-corrected chi connectivity index (χ2v) is 3.35.